The minimum absolute atomic E-state index is 0.0974. The van der Waals surface area contributed by atoms with Gasteiger partial charge in [-0.3, -0.25) is 9.59 Å². The maximum Gasteiger partial charge on any atom is 0.251 e. The smallest absolute Gasteiger partial charge is 0.251 e. The fourth-order valence-electron chi connectivity index (χ4n) is 1.93. The Morgan fingerprint density at radius 3 is 2.33 bits per heavy atom. The van der Waals surface area contributed by atoms with Crippen LogP contribution >= 0.6 is 0 Å². The van der Waals surface area contributed by atoms with E-state index >= 15 is 0 Å². The van der Waals surface area contributed by atoms with Gasteiger partial charge >= 0.3 is 0 Å². The third-order valence-electron chi connectivity index (χ3n) is 3.14. The van der Waals surface area contributed by atoms with Crippen LogP contribution in [0, 0.1) is 0 Å². The first-order valence-electron chi connectivity index (χ1n) is 7.54. The van der Waals surface area contributed by atoms with Crippen LogP contribution in [0.25, 0.3) is 0 Å². The molecule has 6 nitrogen and oxygen atoms in total. The maximum atomic E-state index is 11.9. The Kier molecular flexibility index (Phi) is 6.79. The van der Waals surface area contributed by atoms with E-state index in [0.717, 1.165) is 0 Å². The van der Waals surface area contributed by atoms with Crippen LogP contribution in [0.3, 0.4) is 0 Å². The summed E-state index contributed by atoms with van der Waals surface area (Å²) in [7, 11) is 1.61. The lowest BCUT2D eigenvalue weighted by Crippen LogP contribution is -2.32. The van der Waals surface area contributed by atoms with Gasteiger partial charge in [0.25, 0.3) is 5.91 Å². The molecule has 0 aliphatic heterocycles. The van der Waals surface area contributed by atoms with E-state index in [1.54, 1.807) is 55.6 Å². The van der Waals surface area contributed by atoms with Crippen molar-refractivity contribution in [2.75, 3.05) is 32.2 Å². The molecule has 0 aliphatic carbocycles. The van der Waals surface area contributed by atoms with E-state index in [1.165, 1.54) is 0 Å². The molecule has 0 saturated heterocycles. The van der Waals surface area contributed by atoms with Crippen LogP contribution in [0.5, 0.6) is 5.75 Å². The van der Waals surface area contributed by atoms with Crippen LogP contribution < -0.4 is 15.4 Å². The van der Waals surface area contributed by atoms with Crippen molar-refractivity contribution in [3.8, 4) is 5.75 Å². The molecule has 0 aromatic heterocycles. The highest BCUT2D eigenvalue weighted by molar-refractivity contribution is 5.99. The van der Waals surface area contributed by atoms with Crippen molar-refractivity contribution in [1.82, 2.24) is 5.32 Å². The van der Waals surface area contributed by atoms with E-state index in [4.69, 9.17) is 9.47 Å². The zero-order chi connectivity index (χ0) is 17.2. The SMILES string of the molecule is COCCOc1ccc(NC(=O)CNC(=O)c2ccccc2)cc1. The number of carbonyl (C=O) groups is 2. The number of carbonyl (C=O) groups excluding carboxylic acids is 2. The molecule has 24 heavy (non-hydrogen) atoms. The standard InChI is InChI=1S/C18H20N2O4/c1-23-11-12-24-16-9-7-15(8-10-16)20-17(21)13-19-18(22)14-5-3-2-4-6-14/h2-10H,11-13H2,1H3,(H,19,22)(H,20,21). The van der Waals surface area contributed by atoms with E-state index in [-0.39, 0.29) is 18.4 Å². The summed E-state index contributed by atoms with van der Waals surface area (Å²) in [4.78, 5) is 23.7. The molecule has 0 atom stereocenters. The zero-order valence-corrected chi connectivity index (χ0v) is 13.5. The lowest BCUT2D eigenvalue weighted by molar-refractivity contribution is -0.115. The molecule has 2 aromatic rings. The zero-order valence-electron chi connectivity index (χ0n) is 13.5. The van der Waals surface area contributed by atoms with E-state index in [2.05, 4.69) is 10.6 Å². The van der Waals surface area contributed by atoms with Gasteiger partial charge < -0.3 is 20.1 Å². The highest BCUT2D eigenvalue weighted by Gasteiger charge is 2.07. The number of benzene rings is 2. The van der Waals surface area contributed by atoms with Crippen molar-refractivity contribution < 1.29 is 19.1 Å². The molecule has 0 spiro atoms. The summed E-state index contributed by atoms with van der Waals surface area (Å²) in [6.45, 7) is 0.882. The summed E-state index contributed by atoms with van der Waals surface area (Å²) in [5.41, 5.74) is 1.15. The molecular weight excluding hydrogens is 308 g/mol. The third-order valence-corrected chi connectivity index (χ3v) is 3.14. The van der Waals surface area contributed by atoms with Crippen molar-refractivity contribution in [2.45, 2.75) is 0 Å². The molecule has 0 bridgehead atoms. The lowest BCUT2D eigenvalue weighted by Gasteiger charge is -2.09. The molecule has 0 saturated carbocycles. The van der Waals surface area contributed by atoms with Gasteiger partial charge in [-0.25, -0.2) is 0 Å². The summed E-state index contributed by atoms with van der Waals surface area (Å²) in [5.74, 6) is 0.113. The summed E-state index contributed by atoms with van der Waals surface area (Å²) in [6.07, 6.45) is 0. The molecule has 6 heteroatoms. The lowest BCUT2D eigenvalue weighted by atomic mass is 10.2. The molecule has 2 N–H and O–H groups in total. The van der Waals surface area contributed by atoms with E-state index in [1.807, 2.05) is 6.07 Å². The molecule has 2 aromatic carbocycles. The fourth-order valence-corrected chi connectivity index (χ4v) is 1.93. The molecule has 0 aliphatic rings. The van der Waals surface area contributed by atoms with E-state index in [9.17, 15) is 9.59 Å². The second kappa shape index (κ2) is 9.32. The molecule has 2 amide bonds. The number of methoxy groups -OCH3 is 1. The number of amides is 2. The van der Waals surface area contributed by atoms with Crippen LogP contribution in [0.1, 0.15) is 10.4 Å². The molecule has 126 valence electrons. The Morgan fingerprint density at radius 2 is 1.67 bits per heavy atom. The minimum Gasteiger partial charge on any atom is -0.491 e. The van der Waals surface area contributed by atoms with Crippen LogP contribution in [-0.2, 0) is 9.53 Å². The predicted octanol–water partition coefficient (Wildman–Crippen LogP) is 2.08. The van der Waals surface area contributed by atoms with Gasteiger partial charge in [0.05, 0.1) is 13.2 Å². The van der Waals surface area contributed by atoms with Gasteiger partial charge in [-0.05, 0) is 36.4 Å². The maximum absolute atomic E-state index is 11.9. The van der Waals surface area contributed by atoms with Gasteiger partial charge in [-0.15, -0.1) is 0 Å². The Hall–Kier alpha value is -2.86. The van der Waals surface area contributed by atoms with Gasteiger partial charge in [0.15, 0.2) is 0 Å². The number of nitrogens with one attached hydrogen (secondary N) is 2. The highest BCUT2D eigenvalue weighted by Crippen LogP contribution is 2.15. The minimum atomic E-state index is -0.299. The number of ether oxygens (including phenoxy) is 2. The second-order valence-corrected chi connectivity index (χ2v) is 4.96. The number of hydrogen-bond acceptors (Lipinski definition) is 4. The second-order valence-electron chi connectivity index (χ2n) is 4.96. The average Bonchev–Trinajstić information content (AvgIpc) is 2.62. The van der Waals surface area contributed by atoms with Gasteiger partial charge in [0, 0.05) is 18.4 Å². The summed E-state index contributed by atoms with van der Waals surface area (Å²) in [6, 6.07) is 15.7. The number of anilines is 1. The summed E-state index contributed by atoms with van der Waals surface area (Å²) < 4.78 is 10.3. The van der Waals surface area contributed by atoms with E-state index < -0.39 is 0 Å². The molecule has 0 radical (unpaired) electrons. The van der Waals surface area contributed by atoms with Crippen molar-refractivity contribution in [1.29, 1.82) is 0 Å². The molecule has 0 fully saturated rings. The Balaban J connectivity index is 1.76. The molecular formula is C18H20N2O4. The van der Waals surface area contributed by atoms with Crippen molar-refractivity contribution in [3.05, 3.63) is 60.2 Å². The quantitative estimate of drug-likeness (QED) is 0.728. The first kappa shape index (κ1) is 17.5. The van der Waals surface area contributed by atoms with Crippen molar-refractivity contribution in [3.63, 3.8) is 0 Å². The van der Waals surface area contributed by atoms with Gasteiger partial charge in [0.2, 0.25) is 5.91 Å². The van der Waals surface area contributed by atoms with Crippen molar-refractivity contribution >= 4 is 17.5 Å². The molecule has 0 unspecified atom stereocenters. The first-order chi connectivity index (χ1) is 11.7. The van der Waals surface area contributed by atoms with Crippen LogP contribution in [0.15, 0.2) is 54.6 Å². The molecule has 2 rings (SSSR count). The number of rotatable bonds is 8. The average molecular weight is 328 g/mol. The van der Waals surface area contributed by atoms with Crippen LogP contribution in [0.2, 0.25) is 0 Å². The largest absolute Gasteiger partial charge is 0.491 e. The van der Waals surface area contributed by atoms with Crippen LogP contribution in [-0.4, -0.2) is 38.7 Å². The van der Waals surface area contributed by atoms with Gasteiger partial charge in [-0.2, -0.15) is 0 Å². The topological polar surface area (TPSA) is 76.7 Å². The highest BCUT2D eigenvalue weighted by atomic mass is 16.5. The Labute approximate surface area is 140 Å². The first-order valence-corrected chi connectivity index (χ1v) is 7.54. The van der Waals surface area contributed by atoms with Crippen molar-refractivity contribution in [2.24, 2.45) is 0 Å². The monoisotopic (exact) mass is 328 g/mol. The summed E-state index contributed by atoms with van der Waals surface area (Å²) >= 11 is 0. The van der Waals surface area contributed by atoms with Gasteiger partial charge in [-0.1, -0.05) is 18.2 Å². The Bertz CT molecular complexity index is 656. The fraction of sp³-hybridized carbons (Fsp3) is 0.222. The predicted molar refractivity (Wildman–Crippen MR) is 91.2 cm³/mol. The third kappa shape index (κ3) is 5.73. The summed E-state index contributed by atoms with van der Waals surface area (Å²) in [5, 5.41) is 5.28. The molecule has 0 heterocycles. The van der Waals surface area contributed by atoms with Gasteiger partial charge in [0.1, 0.15) is 12.4 Å². The van der Waals surface area contributed by atoms with E-state index in [0.29, 0.717) is 30.2 Å². The normalized spacial score (nSPS) is 10.0. The Morgan fingerprint density at radius 1 is 0.958 bits per heavy atom. The number of hydrogen-bond donors (Lipinski definition) is 2. The van der Waals surface area contributed by atoms with Crippen LogP contribution in [0.4, 0.5) is 5.69 Å².